The van der Waals surface area contributed by atoms with Gasteiger partial charge in [0.15, 0.2) is 0 Å². The van der Waals surface area contributed by atoms with Gasteiger partial charge in [0.25, 0.3) is 5.56 Å². The van der Waals surface area contributed by atoms with Gasteiger partial charge in [0.05, 0.1) is 12.6 Å². The van der Waals surface area contributed by atoms with Gasteiger partial charge in [0, 0.05) is 11.3 Å². The van der Waals surface area contributed by atoms with E-state index in [1.54, 1.807) is 13.1 Å². The molecule has 0 saturated carbocycles. The summed E-state index contributed by atoms with van der Waals surface area (Å²) < 4.78 is 0. The highest BCUT2D eigenvalue weighted by Crippen LogP contribution is 2.00. The first-order valence-electron chi connectivity index (χ1n) is 6.21. The number of nitrogens with zero attached hydrogens (tertiary/aromatic N) is 1. The number of rotatable bonds is 4. The van der Waals surface area contributed by atoms with E-state index in [1.165, 1.54) is 0 Å². The maximum atomic E-state index is 11.7. The zero-order chi connectivity index (χ0) is 14.5. The third-order valence-electron chi connectivity index (χ3n) is 2.91. The molecular formula is C14H16N4O2. The van der Waals surface area contributed by atoms with E-state index in [1.807, 2.05) is 31.2 Å². The molecule has 0 aliphatic heterocycles. The van der Waals surface area contributed by atoms with Gasteiger partial charge in [0.1, 0.15) is 0 Å². The third-order valence-corrected chi connectivity index (χ3v) is 2.91. The number of carbonyl (C=O) groups excluding carboxylic acids is 1. The number of benzene rings is 1. The normalized spacial score (nSPS) is 10.9. The summed E-state index contributed by atoms with van der Waals surface area (Å²) in [4.78, 5) is 23.1. The first kappa shape index (κ1) is 13.8. The van der Waals surface area contributed by atoms with Crippen LogP contribution in [0, 0.1) is 13.8 Å². The Labute approximate surface area is 115 Å². The van der Waals surface area contributed by atoms with Gasteiger partial charge in [-0.2, -0.15) is 5.10 Å². The maximum Gasteiger partial charge on any atom is 0.267 e. The Balaban J connectivity index is 1.92. The van der Waals surface area contributed by atoms with Crippen LogP contribution in [0.5, 0.6) is 0 Å². The number of H-pyrrole nitrogens is 2. The van der Waals surface area contributed by atoms with E-state index in [-0.39, 0.29) is 17.9 Å². The molecule has 0 fully saturated rings. The van der Waals surface area contributed by atoms with E-state index in [0.717, 1.165) is 11.1 Å². The van der Waals surface area contributed by atoms with Crippen LogP contribution in [0.4, 0.5) is 0 Å². The zero-order valence-corrected chi connectivity index (χ0v) is 11.4. The Morgan fingerprint density at radius 2 is 1.95 bits per heavy atom. The molecule has 0 radical (unpaired) electrons. The molecule has 6 nitrogen and oxygen atoms in total. The summed E-state index contributed by atoms with van der Waals surface area (Å²) in [6.45, 7) is 3.73. The monoisotopic (exact) mass is 272 g/mol. The van der Waals surface area contributed by atoms with E-state index >= 15 is 0 Å². The number of aromatic amines is 2. The van der Waals surface area contributed by atoms with Crippen molar-refractivity contribution in [2.45, 2.75) is 20.3 Å². The average molecular weight is 272 g/mol. The van der Waals surface area contributed by atoms with Crippen molar-refractivity contribution in [3.63, 3.8) is 0 Å². The molecule has 0 unspecified atom stereocenters. The summed E-state index contributed by atoms with van der Waals surface area (Å²) in [5, 5.41) is 8.97. The second-order valence-electron chi connectivity index (χ2n) is 4.56. The highest BCUT2D eigenvalue weighted by Gasteiger charge is 2.10. The number of carbonyl (C=O) groups is 1. The van der Waals surface area contributed by atoms with Crippen LogP contribution < -0.4 is 11.0 Å². The molecule has 1 amide bonds. The predicted molar refractivity (Wildman–Crippen MR) is 76.8 cm³/mol. The molecule has 104 valence electrons. The van der Waals surface area contributed by atoms with E-state index in [0.29, 0.717) is 11.3 Å². The van der Waals surface area contributed by atoms with Crippen LogP contribution in [0.1, 0.15) is 22.4 Å². The van der Waals surface area contributed by atoms with Crippen LogP contribution in [0.25, 0.3) is 0 Å². The Morgan fingerprint density at radius 1 is 1.25 bits per heavy atom. The van der Waals surface area contributed by atoms with Crippen molar-refractivity contribution in [2.24, 2.45) is 5.10 Å². The quantitative estimate of drug-likeness (QED) is 0.572. The smallest absolute Gasteiger partial charge is 0.267 e. The lowest BCUT2D eigenvalue weighted by Gasteiger charge is -1.98. The van der Waals surface area contributed by atoms with Crippen molar-refractivity contribution in [2.75, 3.05) is 0 Å². The molecule has 0 spiro atoms. The fraction of sp³-hybridized carbons (Fsp3) is 0.214. The van der Waals surface area contributed by atoms with Crippen molar-refractivity contribution < 1.29 is 4.79 Å². The van der Waals surface area contributed by atoms with Crippen LogP contribution in [0.2, 0.25) is 0 Å². The molecule has 0 aliphatic carbocycles. The fourth-order valence-corrected chi connectivity index (χ4v) is 1.72. The molecule has 20 heavy (non-hydrogen) atoms. The standard InChI is InChI=1S/C14H16N4O2/c1-9-3-5-11(6-4-9)8-15-17-13(19)7-12-10(2)16-18-14(12)20/h3-6,8H,7H2,1-2H3,(H,17,19)(H2,16,18,20)/b15-8-. The number of hydrogen-bond acceptors (Lipinski definition) is 3. The summed E-state index contributed by atoms with van der Waals surface area (Å²) in [5.74, 6) is -0.332. The minimum atomic E-state index is -0.332. The Bertz CT molecular complexity index is 680. The molecule has 3 N–H and O–H groups in total. The second kappa shape index (κ2) is 6.01. The lowest BCUT2D eigenvalue weighted by molar-refractivity contribution is -0.120. The highest BCUT2D eigenvalue weighted by molar-refractivity contribution is 5.83. The SMILES string of the molecule is Cc1ccc(/C=N\NC(=O)Cc2c(C)[nH][nH]c2=O)cc1. The predicted octanol–water partition coefficient (Wildman–Crippen LogP) is 1.01. The molecule has 2 aromatic rings. The molecular weight excluding hydrogens is 256 g/mol. The van der Waals surface area contributed by atoms with Gasteiger partial charge >= 0.3 is 0 Å². The summed E-state index contributed by atoms with van der Waals surface area (Å²) in [6, 6.07) is 7.75. The van der Waals surface area contributed by atoms with E-state index in [2.05, 4.69) is 20.7 Å². The summed E-state index contributed by atoms with van der Waals surface area (Å²) in [5.41, 5.74) is 5.26. The largest absolute Gasteiger partial charge is 0.302 e. The Hall–Kier alpha value is -2.63. The molecule has 1 aromatic carbocycles. The van der Waals surface area contributed by atoms with Crippen LogP contribution >= 0.6 is 0 Å². The van der Waals surface area contributed by atoms with E-state index < -0.39 is 0 Å². The molecule has 0 atom stereocenters. The zero-order valence-electron chi connectivity index (χ0n) is 11.4. The van der Waals surface area contributed by atoms with Gasteiger partial charge in [-0.1, -0.05) is 29.8 Å². The molecule has 1 heterocycles. The minimum Gasteiger partial charge on any atom is -0.302 e. The number of aryl methyl sites for hydroxylation is 2. The van der Waals surface area contributed by atoms with Crippen LogP contribution in [-0.4, -0.2) is 22.3 Å². The highest BCUT2D eigenvalue weighted by atomic mass is 16.2. The van der Waals surface area contributed by atoms with E-state index in [9.17, 15) is 9.59 Å². The topological polar surface area (TPSA) is 90.1 Å². The van der Waals surface area contributed by atoms with Crippen LogP contribution in [-0.2, 0) is 11.2 Å². The number of hydrogen-bond donors (Lipinski definition) is 3. The molecule has 6 heteroatoms. The Morgan fingerprint density at radius 3 is 2.55 bits per heavy atom. The first-order chi connectivity index (χ1) is 9.56. The van der Waals surface area contributed by atoms with Crippen molar-refractivity contribution in [1.82, 2.24) is 15.6 Å². The average Bonchev–Trinajstić information content (AvgIpc) is 2.73. The van der Waals surface area contributed by atoms with Crippen molar-refractivity contribution >= 4 is 12.1 Å². The lowest BCUT2D eigenvalue weighted by Crippen LogP contribution is -2.23. The molecule has 2 rings (SSSR count). The summed E-state index contributed by atoms with van der Waals surface area (Å²) in [7, 11) is 0. The van der Waals surface area contributed by atoms with Crippen molar-refractivity contribution in [3.8, 4) is 0 Å². The molecule has 0 saturated heterocycles. The molecule has 0 bridgehead atoms. The second-order valence-corrected chi connectivity index (χ2v) is 4.56. The number of nitrogens with one attached hydrogen (secondary N) is 3. The maximum absolute atomic E-state index is 11.7. The van der Waals surface area contributed by atoms with Crippen LogP contribution in [0.15, 0.2) is 34.2 Å². The third kappa shape index (κ3) is 3.44. The van der Waals surface area contributed by atoms with Gasteiger partial charge in [-0.15, -0.1) is 0 Å². The van der Waals surface area contributed by atoms with Crippen molar-refractivity contribution in [3.05, 3.63) is 57.0 Å². The van der Waals surface area contributed by atoms with Crippen LogP contribution in [0.3, 0.4) is 0 Å². The van der Waals surface area contributed by atoms with Gasteiger partial charge in [0.2, 0.25) is 5.91 Å². The number of hydrazone groups is 1. The molecule has 0 aliphatic rings. The number of aromatic nitrogens is 2. The van der Waals surface area contributed by atoms with Gasteiger partial charge in [-0.05, 0) is 19.4 Å². The lowest BCUT2D eigenvalue weighted by atomic mass is 10.2. The summed E-state index contributed by atoms with van der Waals surface area (Å²) in [6.07, 6.45) is 1.56. The van der Waals surface area contributed by atoms with E-state index in [4.69, 9.17) is 0 Å². The van der Waals surface area contributed by atoms with Crippen molar-refractivity contribution in [1.29, 1.82) is 0 Å². The minimum absolute atomic E-state index is 0.00406. The van der Waals surface area contributed by atoms with Gasteiger partial charge in [-0.25, -0.2) is 5.43 Å². The first-order valence-corrected chi connectivity index (χ1v) is 6.21. The number of amides is 1. The summed E-state index contributed by atoms with van der Waals surface area (Å²) >= 11 is 0. The molecule has 1 aromatic heterocycles. The van der Waals surface area contributed by atoms with Gasteiger partial charge < -0.3 is 5.10 Å². The fourth-order valence-electron chi connectivity index (χ4n) is 1.72. The Kier molecular flexibility index (Phi) is 4.14. The van der Waals surface area contributed by atoms with Gasteiger partial charge in [-0.3, -0.25) is 14.7 Å².